The standard InChI is InChI=1S/C10H11FO3S/c11-7-1-2-8(6(3-7)4-12)10(14)9(13)5-15/h1-4,9-10,13-15H,5H2. The van der Waals surface area contributed by atoms with E-state index in [1.165, 1.54) is 6.07 Å². The van der Waals surface area contributed by atoms with Crippen LogP contribution in [-0.2, 0) is 0 Å². The predicted molar refractivity (Wildman–Crippen MR) is 56.6 cm³/mol. The van der Waals surface area contributed by atoms with Crippen molar-refractivity contribution in [2.45, 2.75) is 12.2 Å². The Balaban J connectivity index is 3.07. The Morgan fingerprint density at radius 2 is 2.13 bits per heavy atom. The minimum atomic E-state index is -1.23. The molecular weight excluding hydrogens is 219 g/mol. The summed E-state index contributed by atoms with van der Waals surface area (Å²) in [5.74, 6) is -0.509. The molecule has 0 aliphatic carbocycles. The van der Waals surface area contributed by atoms with Gasteiger partial charge in [0.15, 0.2) is 6.29 Å². The summed E-state index contributed by atoms with van der Waals surface area (Å²) in [6.07, 6.45) is -1.88. The molecule has 2 atom stereocenters. The third-order valence-corrected chi connectivity index (χ3v) is 2.42. The summed E-state index contributed by atoms with van der Waals surface area (Å²) >= 11 is 3.82. The van der Waals surface area contributed by atoms with Crippen LogP contribution < -0.4 is 0 Å². The van der Waals surface area contributed by atoms with Gasteiger partial charge in [0.2, 0.25) is 0 Å². The molecule has 0 aliphatic rings. The highest BCUT2D eigenvalue weighted by molar-refractivity contribution is 7.80. The maximum absolute atomic E-state index is 12.8. The molecule has 1 rings (SSSR count). The first-order valence-electron chi connectivity index (χ1n) is 4.31. The van der Waals surface area contributed by atoms with E-state index in [0.717, 1.165) is 12.1 Å². The van der Waals surface area contributed by atoms with Gasteiger partial charge in [-0.15, -0.1) is 0 Å². The lowest BCUT2D eigenvalue weighted by Crippen LogP contribution is -2.21. The Labute approximate surface area is 92.0 Å². The molecule has 0 spiro atoms. The van der Waals surface area contributed by atoms with Crippen LogP contribution in [0.15, 0.2) is 18.2 Å². The average Bonchev–Trinajstić information content (AvgIpc) is 2.26. The van der Waals surface area contributed by atoms with Crippen molar-refractivity contribution < 1.29 is 19.4 Å². The largest absolute Gasteiger partial charge is 0.389 e. The van der Waals surface area contributed by atoms with Gasteiger partial charge in [0.05, 0.1) is 6.10 Å². The monoisotopic (exact) mass is 230 g/mol. The number of aldehydes is 1. The van der Waals surface area contributed by atoms with Crippen molar-refractivity contribution in [3.63, 3.8) is 0 Å². The van der Waals surface area contributed by atoms with Gasteiger partial charge < -0.3 is 10.2 Å². The van der Waals surface area contributed by atoms with Crippen LogP contribution in [0.2, 0.25) is 0 Å². The van der Waals surface area contributed by atoms with Crippen LogP contribution in [0, 0.1) is 5.82 Å². The summed E-state index contributed by atoms with van der Waals surface area (Å²) in [5.41, 5.74) is 0.233. The van der Waals surface area contributed by atoms with Gasteiger partial charge in [-0.1, -0.05) is 6.07 Å². The van der Waals surface area contributed by atoms with Crippen molar-refractivity contribution in [2.75, 3.05) is 5.75 Å². The minimum Gasteiger partial charge on any atom is -0.389 e. The fourth-order valence-corrected chi connectivity index (χ4v) is 1.42. The van der Waals surface area contributed by atoms with E-state index >= 15 is 0 Å². The normalized spacial score (nSPS) is 14.7. The molecule has 15 heavy (non-hydrogen) atoms. The van der Waals surface area contributed by atoms with Crippen molar-refractivity contribution in [1.82, 2.24) is 0 Å². The molecule has 2 unspecified atom stereocenters. The summed E-state index contributed by atoms with van der Waals surface area (Å²) in [6, 6.07) is 3.41. The second-order valence-electron chi connectivity index (χ2n) is 3.09. The Morgan fingerprint density at radius 1 is 1.47 bits per heavy atom. The number of halogens is 1. The summed E-state index contributed by atoms with van der Waals surface area (Å²) in [5, 5.41) is 18.9. The van der Waals surface area contributed by atoms with Gasteiger partial charge >= 0.3 is 0 Å². The number of aliphatic hydroxyl groups excluding tert-OH is 2. The number of hydrogen-bond donors (Lipinski definition) is 3. The maximum atomic E-state index is 12.8. The van der Waals surface area contributed by atoms with Crippen LogP contribution in [0.3, 0.4) is 0 Å². The van der Waals surface area contributed by atoms with Crippen molar-refractivity contribution in [1.29, 1.82) is 0 Å². The van der Waals surface area contributed by atoms with Gasteiger partial charge in [-0.2, -0.15) is 12.6 Å². The third-order valence-electron chi connectivity index (χ3n) is 2.05. The van der Waals surface area contributed by atoms with Gasteiger partial charge in [0, 0.05) is 11.3 Å². The number of thiol groups is 1. The quantitative estimate of drug-likeness (QED) is 0.533. The number of aliphatic hydroxyl groups is 2. The molecule has 0 amide bonds. The molecule has 1 aromatic rings. The smallest absolute Gasteiger partial charge is 0.150 e. The first kappa shape index (κ1) is 12.2. The van der Waals surface area contributed by atoms with Crippen LogP contribution in [0.5, 0.6) is 0 Å². The summed E-state index contributed by atoms with van der Waals surface area (Å²) in [4.78, 5) is 10.6. The van der Waals surface area contributed by atoms with Gasteiger partial charge in [-0.3, -0.25) is 4.79 Å². The molecule has 5 heteroatoms. The molecule has 0 aliphatic heterocycles. The lowest BCUT2D eigenvalue weighted by atomic mass is 10.00. The van der Waals surface area contributed by atoms with E-state index in [1.807, 2.05) is 0 Å². The van der Waals surface area contributed by atoms with E-state index in [1.54, 1.807) is 0 Å². The number of rotatable bonds is 4. The van der Waals surface area contributed by atoms with Crippen LogP contribution in [0.1, 0.15) is 22.0 Å². The second-order valence-corrected chi connectivity index (χ2v) is 3.45. The molecule has 0 fully saturated rings. The van der Waals surface area contributed by atoms with Crippen molar-refractivity contribution in [3.05, 3.63) is 35.1 Å². The zero-order chi connectivity index (χ0) is 11.4. The van der Waals surface area contributed by atoms with Gasteiger partial charge in [0.25, 0.3) is 0 Å². The lowest BCUT2D eigenvalue weighted by Gasteiger charge is -2.17. The zero-order valence-electron chi connectivity index (χ0n) is 7.80. The highest BCUT2D eigenvalue weighted by Gasteiger charge is 2.19. The molecule has 82 valence electrons. The molecule has 0 saturated heterocycles. The first-order chi connectivity index (χ1) is 7.10. The SMILES string of the molecule is O=Cc1cc(F)ccc1C(O)C(O)CS. The fraction of sp³-hybridized carbons (Fsp3) is 0.300. The molecule has 3 nitrogen and oxygen atoms in total. The Morgan fingerprint density at radius 3 is 2.67 bits per heavy atom. The van der Waals surface area contributed by atoms with E-state index in [0.29, 0.717) is 6.29 Å². The highest BCUT2D eigenvalue weighted by atomic mass is 32.1. The predicted octanol–water partition coefficient (Wildman–Crippen LogP) is 0.962. The van der Waals surface area contributed by atoms with Crippen molar-refractivity contribution in [3.8, 4) is 0 Å². The Kier molecular flexibility index (Phi) is 4.26. The van der Waals surface area contributed by atoms with Crippen LogP contribution in [0.25, 0.3) is 0 Å². The molecule has 0 heterocycles. The second kappa shape index (κ2) is 5.25. The zero-order valence-corrected chi connectivity index (χ0v) is 8.69. The Bertz CT molecular complexity index is 357. The summed E-state index contributed by atoms with van der Waals surface area (Å²) < 4.78 is 12.8. The average molecular weight is 230 g/mol. The molecule has 0 aromatic heterocycles. The molecule has 0 saturated carbocycles. The third kappa shape index (κ3) is 2.77. The topological polar surface area (TPSA) is 57.5 Å². The maximum Gasteiger partial charge on any atom is 0.150 e. The fourth-order valence-electron chi connectivity index (χ4n) is 1.22. The number of carbonyl (C=O) groups is 1. The number of hydrogen-bond acceptors (Lipinski definition) is 4. The van der Waals surface area contributed by atoms with E-state index in [2.05, 4.69) is 12.6 Å². The molecule has 1 aromatic carbocycles. The van der Waals surface area contributed by atoms with Crippen LogP contribution >= 0.6 is 12.6 Å². The van der Waals surface area contributed by atoms with E-state index in [-0.39, 0.29) is 16.9 Å². The molecular formula is C10H11FO3S. The minimum absolute atomic E-state index is 0.0309. The van der Waals surface area contributed by atoms with Crippen LogP contribution in [0.4, 0.5) is 4.39 Å². The van der Waals surface area contributed by atoms with E-state index in [4.69, 9.17) is 0 Å². The van der Waals surface area contributed by atoms with Crippen molar-refractivity contribution in [2.24, 2.45) is 0 Å². The number of benzene rings is 1. The lowest BCUT2D eigenvalue weighted by molar-refractivity contribution is 0.0333. The van der Waals surface area contributed by atoms with Crippen molar-refractivity contribution >= 4 is 18.9 Å². The summed E-state index contributed by atoms with van der Waals surface area (Å²) in [7, 11) is 0. The van der Waals surface area contributed by atoms with Crippen LogP contribution in [-0.4, -0.2) is 28.4 Å². The first-order valence-corrected chi connectivity index (χ1v) is 4.95. The Hall–Kier alpha value is -0.910. The summed E-state index contributed by atoms with van der Waals surface area (Å²) in [6.45, 7) is 0. The van der Waals surface area contributed by atoms with Gasteiger partial charge in [0.1, 0.15) is 11.9 Å². The molecule has 0 radical (unpaired) electrons. The number of carbonyl (C=O) groups excluding carboxylic acids is 1. The van der Waals surface area contributed by atoms with E-state index < -0.39 is 18.0 Å². The van der Waals surface area contributed by atoms with E-state index in [9.17, 15) is 19.4 Å². The van der Waals surface area contributed by atoms with Gasteiger partial charge in [-0.25, -0.2) is 4.39 Å². The molecule has 2 N–H and O–H groups in total. The highest BCUT2D eigenvalue weighted by Crippen LogP contribution is 2.21. The molecule has 0 bridgehead atoms. The van der Waals surface area contributed by atoms with Gasteiger partial charge in [-0.05, 0) is 17.7 Å².